The largest absolute Gasteiger partial charge is 0.398 e. The van der Waals surface area contributed by atoms with Gasteiger partial charge < -0.3 is 16.0 Å². The van der Waals surface area contributed by atoms with Crippen LogP contribution in [0, 0.1) is 6.92 Å². The fourth-order valence-electron chi connectivity index (χ4n) is 1.60. The molecular formula is C13H22N4O. The summed E-state index contributed by atoms with van der Waals surface area (Å²) in [6.45, 7) is 4.76. The van der Waals surface area contributed by atoms with Crippen molar-refractivity contribution in [2.45, 2.75) is 26.3 Å². The van der Waals surface area contributed by atoms with Crippen LogP contribution in [0.4, 0.5) is 5.69 Å². The van der Waals surface area contributed by atoms with Gasteiger partial charge in [-0.25, -0.2) is 0 Å². The molecule has 0 aromatic carbocycles. The van der Waals surface area contributed by atoms with Gasteiger partial charge in [0.15, 0.2) is 0 Å². The number of carbonyl (C=O) groups is 1. The summed E-state index contributed by atoms with van der Waals surface area (Å²) in [5, 5.41) is 2.93. The van der Waals surface area contributed by atoms with Crippen LogP contribution in [-0.2, 0) is 0 Å². The molecule has 0 aliphatic rings. The molecule has 0 spiro atoms. The Balaban J connectivity index is 2.59. The summed E-state index contributed by atoms with van der Waals surface area (Å²) < 4.78 is 0. The van der Waals surface area contributed by atoms with Crippen LogP contribution in [0.15, 0.2) is 12.3 Å². The number of aromatic nitrogens is 1. The summed E-state index contributed by atoms with van der Waals surface area (Å²) in [7, 11) is 4.02. The second-order valence-electron chi connectivity index (χ2n) is 4.88. The molecule has 0 fully saturated rings. The number of nitrogen functional groups attached to an aromatic ring is 1. The highest BCUT2D eigenvalue weighted by Crippen LogP contribution is 2.11. The van der Waals surface area contributed by atoms with Gasteiger partial charge in [0.05, 0.1) is 5.56 Å². The maximum Gasteiger partial charge on any atom is 0.255 e. The Labute approximate surface area is 108 Å². The minimum atomic E-state index is -0.161. The molecule has 1 unspecified atom stereocenters. The molecule has 3 N–H and O–H groups in total. The topological polar surface area (TPSA) is 71.2 Å². The third kappa shape index (κ3) is 4.33. The van der Waals surface area contributed by atoms with Crippen LogP contribution >= 0.6 is 0 Å². The average molecular weight is 250 g/mol. The third-order valence-electron chi connectivity index (χ3n) is 2.70. The Morgan fingerprint density at radius 2 is 2.22 bits per heavy atom. The highest BCUT2D eigenvalue weighted by Gasteiger charge is 2.13. The van der Waals surface area contributed by atoms with Crippen molar-refractivity contribution in [1.29, 1.82) is 0 Å². The van der Waals surface area contributed by atoms with Crippen LogP contribution in [0.1, 0.15) is 29.4 Å². The fourth-order valence-corrected chi connectivity index (χ4v) is 1.60. The minimum Gasteiger partial charge on any atom is -0.398 e. The number of nitrogens with one attached hydrogen (secondary N) is 1. The number of anilines is 1. The Bertz CT molecular complexity index is 417. The number of rotatable bonds is 5. The smallest absolute Gasteiger partial charge is 0.255 e. The zero-order valence-electron chi connectivity index (χ0n) is 11.5. The molecule has 5 nitrogen and oxygen atoms in total. The van der Waals surface area contributed by atoms with Crippen LogP contribution in [0.3, 0.4) is 0 Å². The molecule has 0 saturated heterocycles. The van der Waals surface area contributed by atoms with Crippen molar-refractivity contribution in [3.05, 3.63) is 23.5 Å². The molecule has 0 saturated carbocycles. The predicted molar refractivity (Wildman–Crippen MR) is 73.5 cm³/mol. The summed E-state index contributed by atoms with van der Waals surface area (Å²) in [6.07, 6.45) is 2.43. The van der Waals surface area contributed by atoms with Crippen molar-refractivity contribution in [2.24, 2.45) is 0 Å². The Morgan fingerprint density at radius 1 is 1.56 bits per heavy atom. The number of aryl methyl sites for hydroxylation is 1. The van der Waals surface area contributed by atoms with Crippen molar-refractivity contribution < 1.29 is 4.79 Å². The lowest BCUT2D eigenvalue weighted by atomic mass is 10.1. The molecule has 0 aliphatic heterocycles. The standard InChI is InChI=1S/C13H22N4O/c1-9(5-6-17(3)4)16-13(18)11-8-15-10(2)7-12(11)14/h7-9H,5-6H2,1-4H3,(H2,14,15)(H,16,18). The average Bonchev–Trinajstić information content (AvgIpc) is 2.26. The summed E-state index contributed by atoms with van der Waals surface area (Å²) in [5.74, 6) is -0.161. The zero-order valence-corrected chi connectivity index (χ0v) is 11.5. The molecule has 0 bridgehead atoms. The summed E-state index contributed by atoms with van der Waals surface area (Å²) in [5.41, 5.74) is 7.54. The number of hydrogen-bond acceptors (Lipinski definition) is 4. The van der Waals surface area contributed by atoms with E-state index in [4.69, 9.17) is 5.73 Å². The van der Waals surface area contributed by atoms with Crippen molar-refractivity contribution >= 4 is 11.6 Å². The first-order valence-electron chi connectivity index (χ1n) is 6.08. The van der Waals surface area contributed by atoms with Crippen molar-refractivity contribution in [3.8, 4) is 0 Å². The second kappa shape index (κ2) is 6.35. The maximum absolute atomic E-state index is 12.0. The van der Waals surface area contributed by atoms with Crippen LogP contribution in [-0.4, -0.2) is 42.5 Å². The lowest BCUT2D eigenvalue weighted by Crippen LogP contribution is -2.35. The van der Waals surface area contributed by atoms with Gasteiger partial charge in [-0.2, -0.15) is 0 Å². The number of amides is 1. The van der Waals surface area contributed by atoms with Crippen LogP contribution in [0.2, 0.25) is 0 Å². The summed E-state index contributed by atoms with van der Waals surface area (Å²) in [4.78, 5) is 18.2. The predicted octanol–water partition coefficient (Wildman–Crippen LogP) is 1.04. The Morgan fingerprint density at radius 3 is 2.78 bits per heavy atom. The lowest BCUT2D eigenvalue weighted by Gasteiger charge is -2.17. The molecule has 1 amide bonds. The maximum atomic E-state index is 12.0. The van der Waals surface area contributed by atoms with Crippen molar-refractivity contribution in [2.75, 3.05) is 26.4 Å². The summed E-state index contributed by atoms with van der Waals surface area (Å²) >= 11 is 0. The van der Waals surface area contributed by atoms with Gasteiger partial charge >= 0.3 is 0 Å². The van der Waals surface area contributed by atoms with Crippen LogP contribution in [0.5, 0.6) is 0 Å². The molecule has 0 radical (unpaired) electrons. The molecule has 18 heavy (non-hydrogen) atoms. The number of pyridine rings is 1. The first kappa shape index (κ1) is 14.4. The molecule has 1 rings (SSSR count). The van der Waals surface area contributed by atoms with Crippen LogP contribution < -0.4 is 11.1 Å². The molecule has 0 aliphatic carbocycles. The van der Waals surface area contributed by atoms with E-state index in [0.29, 0.717) is 11.3 Å². The summed E-state index contributed by atoms with van der Waals surface area (Å²) in [6, 6.07) is 1.82. The molecule has 100 valence electrons. The van der Waals surface area contributed by atoms with Crippen molar-refractivity contribution in [1.82, 2.24) is 15.2 Å². The molecule has 1 aromatic heterocycles. The van der Waals surface area contributed by atoms with E-state index < -0.39 is 0 Å². The number of nitrogens with zero attached hydrogens (tertiary/aromatic N) is 2. The number of hydrogen-bond donors (Lipinski definition) is 2. The minimum absolute atomic E-state index is 0.112. The number of nitrogens with two attached hydrogens (primary N) is 1. The van der Waals surface area contributed by atoms with E-state index in [-0.39, 0.29) is 11.9 Å². The Kier molecular flexibility index (Phi) is 5.09. The molecule has 1 aromatic rings. The molecule has 1 atom stereocenters. The zero-order chi connectivity index (χ0) is 13.7. The van der Waals surface area contributed by atoms with Gasteiger partial charge in [-0.3, -0.25) is 9.78 Å². The van der Waals surface area contributed by atoms with Gasteiger partial charge in [-0.05, 0) is 47.0 Å². The van der Waals surface area contributed by atoms with Gasteiger partial charge in [0, 0.05) is 23.6 Å². The van der Waals surface area contributed by atoms with E-state index in [1.807, 2.05) is 27.9 Å². The third-order valence-corrected chi connectivity index (χ3v) is 2.70. The number of carbonyl (C=O) groups excluding carboxylic acids is 1. The van der Waals surface area contributed by atoms with Crippen molar-refractivity contribution in [3.63, 3.8) is 0 Å². The monoisotopic (exact) mass is 250 g/mol. The fraction of sp³-hybridized carbons (Fsp3) is 0.538. The highest BCUT2D eigenvalue weighted by molar-refractivity contribution is 5.98. The van der Waals surface area contributed by atoms with E-state index in [0.717, 1.165) is 18.7 Å². The Hall–Kier alpha value is -1.62. The quantitative estimate of drug-likeness (QED) is 0.819. The van der Waals surface area contributed by atoms with E-state index in [2.05, 4.69) is 15.2 Å². The van der Waals surface area contributed by atoms with E-state index in [1.54, 1.807) is 6.07 Å². The first-order valence-corrected chi connectivity index (χ1v) is 6.08. The van der Waals surface area contributed by atoms with Crippen LogP contribution in [0.25, 0.3) is 0 Å². The van der Waals surface area contributed by atoms with E-state index in [1.165, 1.54) is 6.20 Å². The highest BCUT2D eigenvalue weighted by atomic mass is 16.1. The normalized spacial score (nSPS) is 12.5. The van der Waals surface area contributed by atoms with Gasteiger partial charge in [0.1, 0.15) is 0 Å². The van der Waals surface area contributed by atoms with Gasteiger partial charge in [-0.15, -0.1) is 0 Å². The van der Waals surface area contributed by atoms with Gasteiger partial charge in [0.2, 0.25) is 0 Å². The van der Waals surface area contributed by atoms with E-state index >= 15 is 0 Å². The first-order chi connectivity index (χ1) is 8.40. The van der Waals surface area contributed by atoms with Gasteiger partial charge in [-0.1, -0.05) is 0 Å². The molecule has 5 heteroatoms. The molecular weight excluding hydrogens is 228 g/mol. The molecule has 1 heterocycles. The van der Waals surface area contributed by atoms with Gasteiger partial charge in [0.25, 0.3) is 5.91 Å². The van der Waals surface area contributed by atoms with E-state index in [9.17, 15) is 4.79 Å². The second-order valence-corrected chi connectivity index (χ2v) is 4.88. The SMILES string of the molecule is Cc1cc(N)c(C(=O)NC(C)CCN(C)C)cn1. The lowest BCUT2D eigenvalue weighted by molar-refractivity contribution is 0.0937.